The van der Waals surface area contributed by atoms with Crippen LogP contribution in [0, 0.1) is 11.7 Å². The summed E-state index contributed by atoms with van der Waals surface area (Å²) in [6.07, 6.45) is 5.81. The van der Waals surface area contributed by atoms with Gasteiger partial charge in [0.2, 0.25) is 5.91 Å². The third-order valence-electron chi connectivity index (χ3n) is 4.65. The van der Waals surface area contributed by atoms with Crippen molar-refractivity contribution in [2.75, 3.05) is 29.9 Å². The lowest BCUT2D eigenvalue weighted by atomic mass is 9.96. The van der Waals surface area contributed by atoms with Crippen molar-refractivity contribution in [3.63, 3.8) is 0 Å². The Hall–Kier alpha value is -2.70. The molecule has 1 aromatic carbocycles. The first kappa shape index (κ1) is 15.8. The first-order valence-corrected chi connectivity index (χ1v) is 8.48. The quantitative estimate of drug-likeness (QED) is 0.928. The van der Waals surface area contributed by atoms with Gasteiger partial charge in [-0.05, 0) is 43.0 Å². The Kier molecular flexibility index (Phi) is 4.21. The Morgan fingerprint density at radius 2 is 2.16 bits per heavy atom. The van der Waals surface area contributed by atoms with Crippen molar-refractivity contribution in [3.8, 4) is 5.75 Å². The molecule has 0 radical (unpaired) electrons. The van der Waals surface area contributed by atoms with Gasteiger partial charge in [-0.25, -0.2) is 14.4 Å². The summed E-state index contributed by atoms with van der Waals surface area (Å²) in [6.45, 7) is 2.13. The molecule has 2 aromatic rings. The maximum absolute atomic E-state index is 13.4. The maximum Gasteiger partial charge on any atom is 0.231 e. The standard InChI is InChI=1S/C18H19FN4O2/c19-14-3-4-16-12(8-14)7-13(10-25-16)18(24)22-15-9-20-11-21-17(15)23-5-1-2-6-23/h3-4,8-9,11,13H,1-2,5-7,10H2,(H,22,24). The third kappa shape index (κ3) is 3.26. The molecule has 3 heterocycles. The summed E-state index contributed by atoms with van der Waals surface area (Å²) in [6, 6.07) is 4.40. The zero-order valence-corrected chi connectivity index (χ0v) is 13.7. The lowest BCUT2D eigenvalue weighted by Gasteiger charge is -2.25. The topological polar surface area (TPSA) is 67.4 Å². The van der Waals surface area contributed by atoms with Crippen molar-refractivity contribution in [2.24, 2.45) is 5.92 Å². The van der Waals surface area contributed by atoms with Crippen LogP contribution in [0.15, 0.2) is 30.7 Å². The molecule has 1 saturated heterocycles. The predicted molar refractivity (Wildman–Crippen MR) is 91.2 cm³/mol. The van der Waals surface area contributed by atoms with E-state index in [9.17, 15) is 9.18 Å². The molecule has 2 aliphatic rings. The van der Waals surface area contributed by atoms with Gasteiger partial charge in [-0.2, -0.15) is 0 Å². The van der Waals surface area contributed by atoms with Crippen LogP contribution in [0.25, 0.3) is 0 Å². The number of hydrogen-bond acceptors (Lipinski definition) is 5. The summed E-state index contributed by atoms with van der Waals surface area (Å²) in [7, 11) is 0. The van der Waals surface area contributed by atoms with E-state index < -0.39 is 0 Å². The molecule has 4 rings (SSSR count). The molecule has 1 atom stereocenters. The fourth-order valence-corrected chi connectivity index (χ4v) is 3.36. The van der Waals surface area contributed by atoms with Crippen molar-refractivity contribution >= 4 is 17.4 Å². The summed E-state index contributed by atoms with van der Waals surface area (Å²) >= 11 is 0. The Morgan fingerprint density at radius 3 is 3.00 bits per heavy atom. The van der Waals surface area contributed by atoms with E-state index in [0.717, 1.165) is 37.3 Å². The van der Waals surface area contributed by atoms with Crippen LogP contribution >= 0.6 is 0 Å². The number of ether oxygens (including phenoxy) is 1. The number of nitrogens with zero attached hydrogens (tertiary/aromatic N) is 3. The largest absolute Gasteiger partial charge is 0.492 e. The molecule has 0 aliphatic carbocycles. The van der Waals surface area contributed by atoms with Crippen LogP contribution in [0.3, 0.4) is 0 Å². The zero-order valence-electron chi connectivity index (χ0n) is 13.7. The summed E-state index contributed by atoms with van der Waals surface area (Å²) in [5, 5.41) is 2.92. The molecule has 1 amide bonds. The van der Waals surface area contributed by atoms with E-state index in [4.69, 9.17) is 4.74 Å². The van der Waals surface area contributed by atoms with E-state index in [1.54, 1.807) is 12.3 Å². The molecule has 1 unspecified atom stereocenters. The maximum atomic E-state index is 13.4. The van der Waals surface area contributed by atoms with Crippen LogP contribution in [0.4, 0.5) is 15.9 Å². The minimum Gasteiger partial charge on any atom is -0.492 e. The van der Waals surface area contributed by atoms with Crippen LogP contribution in [0.5, 0.6) is 5.75 Å². The van der Waals surface area contributed by atoms with E-state index in [0.29, 0.717) is 17.9 Å². The lowest BCUT2D eigenvalue weighted by Crippen LogP contribution is -2.33. The second-order valence-electron chi connectivity index (χ2n) is 6.41. The fraction of sp³-hybridized carbons (Fsp3) is 0.389. The number of benzene rings is 1. The monoisotopic (exact) mass is 342 g/mol. The van der Waals surface area contributed by atoms with E-state index in [1.165, 1.54) is 18.5 Å². The normalized spacial score (nSPS) is 19.2. The van der Waals surface area contributed by atoms with Gasteiger partial charge < -0.3 is 15.0 Å². The highest BCUT2D eigenvalue weighted by Gasteiger charge is 2.28. The minimum atomic E-state index is -0.374. The summed E-state index contributed by atoms with van der Waals surface area (Å²) in [5.41, 5.74) is 1.33. The molecular formula is C18H19FN4O2. The van der Waals surface area contributed by atoms with Gasteiger partial charge in [0.15, 0.2) is 5.82 Å². The molecule has 130 valence electrons. The first-order chi connectivity index (χ1) is 12.2. The molecule has 25 heavy (non-hydrogen) atoms. The number of carbonyl (C=O) groups is 1. The second kappa shape index (κ2) is 6.66. The van der Waals surface area contributed by atoms with E-state index in [-0.39, 0.29) is 24.2 Å². The van der Waals surface area contributed by atoms with Crippen LogP contribution in [-0.2, 0) is 11.2 Å². The Bertz CT molecular complexity index is 792. The highest BCUT2D eigenvalue weighted by molar-refractivity contribution is 5.95. The van der Waals surface area contributed by atoms with E-state index in [2.05, 4.69) is 20.2 Å². The van der Waals surface area contributed by atoms with Crippen molar-refractivity contribution < 1.29 is 13.9 Å². The fourth-order valence-electron chi connectivity index (χ4n) is 3.36. The number of halogens is 1. The zero-order chi connectivity index (χ0) is 17.2. The number of carbonyl (C=O) groups excluding carboxylic acids is 1. The second-order valence-corrected chi connectivity index (χ2v) is 6.41. The number of amides is 1. The molecular weight excluding hydrogens is 323 g/mol. The van der Waals surface area contributed by atoms with Gasteiger partial charge in [-0.1, -0.05) is 0 Å². The molecule has 6 nitrogen and oxygen atoms in total. The molecule has 0 bridgehead atoms. The molecule has 2 aliphatic heterocycles. The smallest absolute Gasteiger partial charge is 0.231 e. The van der Waals surface area contributed by atoms with Crippen molar-refractivity contribution in [2.45, 2.75) is 19.3 Å². The van der Waals surface area contributed by atoms with Gasteiger partial charge in [-0.3, -0.25) is 4.79 Å². The van der Waals surface area contributed by atoms with Crippen molar-refractivity contribution in [1.29, 1.82) is 0 Å². The highest BCUT2D eigenvalue weighted by Crippen LogP contribution is 2.30. The first-order valence-electron chi connectivity index (χ1n) is 8.48. The summed E-state index contributed by atoms with van der Waals surface area (Å²) < 4.78 is 19.0. The minimum absolute atomic E-state index is 0.162. The van der Waals surface area contributed by atoms with E-state index in [1.807, 2.05) is 0 Å². The number of anilines is 2. The Labute approximate surface area is 145 Å². The molecule has 7 heteroatoms. The number of fused-ring (bicyclic) bond motifs is 1. The SMILES string of the molecule is O=C(Nc1cncnc1N1CCCC1)C1COc2ccc(F)cc2C1. The molecule has 1 aromatic heterocycles. The van der Waals surface area contributed by atoms with Crippen LogP contribution in [0.1, 0.15) is 18.4 Å². The number of nitrogens with one attached hydrogen (secondary N) is 1. The van der Waals surface area contributed by atoms with Crippen LogP contribution in [0.2, 0.25) is 0 Å². The van der Waals surface area contributed by atoms with E-state index >= 15 is 0 Å². The van der Waals surface area contributed by atoms with Gasteiger partial charge in [0.1, 0.15) is 30.2 Å². The number of aromatic nitrogens is 2. The van der Waals surface area contributed by atoms with Gasteiger partial charge in [-0.15, -0.1) is 0 Å². The Balaban J connectivity index is 1.50. The van der Waals surface area contributed by atoms with Gasteiger partial charge in [0, 0.05) is 13.1 Å². The van der Waals surface area contributed by atoms with Crippen LogP contribution < -0.4 is 15.0 Å². The average molecular weight is 342 g/mol. The molecule has 1 fully saturated rings. The van der Waals surface area contributed by atoms with Crippen LogP contribution in [-0.4, -0.2) is 35.6 Å². The highest BCUT2D eigenvalue weighted by atomic mass is 19.1. The summed E-state index contributed by atoms with van der Waals surface area (Å²) in [5.74, 6) is 0.539. The molecule has 1 N–H and O–H groups in total. The summed E-state index contributed by atoms with van der Waals surface area (Å²) in [4.78, 5) is 23.2. The third-order valence-corrected chi connectivity index (χ3v) is 4.65. The Morgan fingerprint density at radius 1 is 1.32 bits per heavy atom. The lowest BCUT2D eigenvalue weighted by molar-refractivity contribution is -0.121. The van der Waals surface area contributed by atoms with Crippen molar-refractivity contribution in [3.05, 3.63) is 42.1 Å². The van der Waals surface area contributed by atoms with Gasteiger partial charge in [0.25, 0.3) is 0 Å². The number of hydrogen-bond donors (Lipinski definition) is 1. The average Bonchev–Trinajstić information content (AvgIpc) is 3.16. The van der Waals surface area contributed by atoms with Gasteiger partial charge in [0.05, 0.1) is 12.1 Å². The van der Waals surface area contributed by atoms with Gasteiger partial charge >= 0.3 is 0 Å². The number of rotatable bonds is 3. The molecule has 0 spiro atoms. The molecule has 0 saturated carbocycles. The predicted octanol–water partition coefficient (Wildman–Crippen LogP) is 2.41. The van der Waals surface area contributed by atoms with Crippen molar-refractivity contribution in [1.82, 2.24) is 9.97 Å².